The molecule has 1 N–H and O–H groups in total. The van der Waals surface area contributed by atoms with Crippen molar-refractivity contribution >= 4 is 0 Å². The van der Waals surface area contributed by atoms with Gasteiger partial charge < -0.3 is 9.73 Å². The number of nitrogens with zero attached hydrogens (tertiary/aromatic N) is 1. The molecular weight excluding hydrogens is 224 g/mol. The molecule has 0 aromatic carbocycles. The highest BCUT2D eigenvalue weighted by molar-refractivity contribution is 5.12. The van der Waals surface area contributed by atoms with E-state index in [2.05, 4.69) is 30.3 Å². The summed E-state index contributed by atoms with van der Waals surface area (Å²) in [6, 6.07) is 2.95. The molecule has 0 aliphatic heterocycles. The van der Waals surface area contributed by atoms with Gasteiger partial charge in [-0.3, -0.25) is 4.90 Å². The van der Waals surface area contributed by atoms with Crippen LogP contribution < -0.4 is 5.32 Å². The molecule has 1 aromatic rings. The van der Waals surface area contributed by atoms with E-state index in [9.17, 15) is 0 Å². The molecule has 0 amide bonds. The van der Waals surface area contributed by atoms with Crippen LogP contribution in [0.15, 0.2) is 16.7 Å². The number of rotatable bonds is 7. The first-order chi connectivity index (χ1) is 8.79. The summed E-state index contributed by atoms with van der Waals surface area (Å²) in [6.45, 7) is 5.12. The molecule has 0 bridgehead atoms. The van der Waals surface area contributed by atoms with Crippen molar-refractivity contribution in [3.8, 4) is 0 Å². The van der Waals surface area contributed by atoms with Crippen LogP contribution in [0.5, 0.6) is 0 Å². The molecule has 1 aliphatic rings. The average molecular weight is 250 g/mol. The third kappa shape index (κ3) is 3.85. The molecular formula is C15H26N2O. The predicted molar refractivity (Wildman–Crippen MR) is 74.4 cm³/mol. The van der Waals surface area contributed by atoms with Gasteiger partial charge in [-0.05, 0) is 38.9 Å². The molecule has 0 radical (unpaired) electrons. The van der Waals surface area contributed by atoms with Gasteiger partial charge in [0, 0.05) is 18.2 Å². The number of hydrogen-bond acceptors (Lipinski definition) is 3. The fourth-order valence-electron chi connectivity index (χ4n) is 2.73. The lowest BCUT2D eigenvalue weighted by Gasteiger charge is -2.22. The lowest BCUT2D eigenvalue weighted by Crippen LogP contribution is -2.28. The van der Waals surface area contributed by atoms with E-state index < -0.39 is 0 Å². The van der Waals surface area contributed by atoms with Crippen molar-refractivity contribution < 1.29 is 4.42 Å². The van der Waals surface area contributed by atoms with Gasteiger partial charge in [-0.25, -0.2) is 0 Å². The number of hydrogen-bond donors (Lipinski definition) is 1. The van der Waals surface area contributed by atoms with Crippen LogP contribution >= 0.6 is 0 Å². The fraction of sp³-hybridized carbons (Fsp3) is 0.733. The predicted octanol–water partition coefficient (Wildman–Crippen LogP) is 3.15. The van der Waals surface area contributed by atoms with E-state index in [0.29, 0.717) is 0 Å². The molecule has 18 heavy (non-hydrogen) atoms. The van der Waals surface area contributed by atoms with Gasteiger partial charge in [0.25, 0.3) is 0 Å². The minimum absolute atomic E-state index is 0.761. The molecule has 3 nitrogen and oxygen atoms in total. The summed E-state index contributed by atoms with van der Waals surface area (Å²) in [5.74, 6) is 1.10. The van der Waals surface area contributed by atoms with Gasteiger partial charge in [-0.15, -0.1) is 0 Å². The molecule has 2 rings (SSSR count). The van der Waals surface area contributed by atoms with Crippen LogP contribution in [-0.2, 0) is 13.1 Å². The van der Waals surface area contributed by atoms with Gasteiger partial charge in [0.1, 0.15) is 5.76 Å². The monoisotopic (exact) mass is 250 g/mol. The zero-order valence-electron chi connectivity index (χ0n) is 11.7. The lowest BCUT2D eigenvalue weighted by atomic mass is 10.2. The van der Waals surface area contributed by atoms with E-state index in [1.165, 1.54) is 37.7 Å². The molecule has 1 saturated carbocycles. The highest BCUT2D eigenvalue weighted by atomic mass is 16.3. The normalized spacial score (nSPS) is 16.8. The summed E-state index contributed by atoms with van der Waals surface area (Å²) in [5, 5.41) is 3.40. The second-order valence-electron chi connectivity index (χ2n) is 5.45. The Morgan fingerprint density at radius 1 is 1.39 bits per heavy atom. The van der Waals surface area contributed by atoms with E-state index >= 15 is 0 Å². The first-order valence-corrected chi connectivity index (χ1v) is 7.27. The smallest absolute Gasteiger partial charge is 0.118 e. The summed E-state index contributed by atoms with van der Waals surface area (Å²) < 4.78 is 5.64. The second kappa shape index (κ2) is 6.95. The van der Waals surface area contributed by atoms with Crippen LogP contribution in [0.2, 0.25) is 0 Å². The van der Waals surface area contributed by atoms with Crippen LogP contribution in [0.25, 0.3) is 0 Å². The maximum absolute atomic E-state index is 5.64. The zero-order valence-corrected chi connectivity index (χ0v) is 11.7. The van der Waals surface area contributed by atoms with Gasteiger partial charge in [0.05, 0.1) is 12.8 Å². The van der Waals surface area contributed by atoms with E-state index in [1.54, 1.807) is 0 Å². The van der Waals surface area contributed by atoms with E-state index in [0.717, 1.165) is 31.4 Å². The zero-order chi connectivity index (χ0) is 12.8. The standard InChI is InChI=1S/C15H26N2O/c1-3-8-16-10-13-9-15(18-12-13)11-17(2)14-6-4-5-7-14/h9,12,14,16H,3-8,10-11H2,1-2H3. The van der Waals surface area contributed by atoms with Gasteiger partial charge in [-0.2, -0.15) is 0 Å². The van der Waals surface area contributed by atoms with Crippen molar-refractivity contribution in [3.05, 3.63) is 23.7 Å². The number of furan rings is 1. The van der Waals surface area contributed by atoms with E-state index in [1.807, 2.05) is 6.26 Å². The maximum Gasteiger partial charge on any atom is 0.118 e. The van der Waals surface area contributed by atoms with Crippen LogP contribution in [0, 0.1) is 0 Å². The lowest BCUT2D eigenvalue weighted by molar-refractivity contribution is 0.219. The van der Waals surface area contributed by atoms with Crippen molar-refractivity contribution in [2.45, 2.75) is 58.2 Å². The molecule has 1 heterocycles. The summed E-state index contributed by atoms with van der Waals surface area (Å²) in [4.78, 5) is 2.44. The highest BCUT2D eigenvalue weighted by Gasteiger charge is 2.20. The molecule has 1 aromatic heterocycles. The van der Waals surface area contributed by atoms with Gasteiger partial charge in [0.15, 0.2) is 0 Å². The minimum Gasteiger partial charge on any atom is -0.468 e. The third-order valence-corrected chi connectivity index (χ3v) is 3.82. The molecule has 0 saturated heterocycles. The minimum atomic E-state index is 0.761. The molecule has 0 spiro atoms. The summed E-state index contributed by atoms with van der Waals surface area (Å²) in [6.07, 6.45) is 8.54. The summed E-state index contributed by atoms with van der Waals surface area (Å²) in [7, 11) is 2.22. The SMILES string of the molecule is CCCNCc1coc(CN(C)C2CCCC2)c1. The maximum atomic E-state index is 5.64. The van der Waals surface area contributed by atoms with Crippen LogP contribution in [0.4, 0.5) is 0 Å². The quantitative estimate of drug-likeness (QED) is 0.754. The Labute approximate surface area is 111 Å². The first kappa shape index (κ1) is 13.6. The first-order valence-electron chi connectivity index (χ1n) is 7.27. The third-order valence-electron chi connectivity index (χ3n) is 3.82. The number of nitrogens with one attached hydrogen (secondary N) is 1. The molecule has 1 fully saturated rings. The Bertz CT molecular complexity index is 342. The summed E-state index contributed by atoms with van der Waals surface area (Å²) in [5.41, 5.74) is 1.26. The van der Waals surface area contributed by atoms with Gasteiger partial charge in [-0.1, -0.05) is 19.8 Å². The fourth-order valence-corrected chi connectivity index (χ4v) is 2.73. The van der Waals surface area contributed by atoms with E-state index in [4.69, 9.17) is 4.42 Å². The van der Waals surface area contributed by atoms with Crippen LogP contribution in [0.3, 0.4) is 0 Å². The molecule has 102 valence electrons. The van der Waals surface area contributed by atoms with Crippen molar-refractivity contribution in [1.82, 2.24) is 10.2 Å². The Morgan fingerprint density at radius 2 is 2.17 bits per heavy atom. The van der Waals surface area contributed by atoms with Crippen molar-refractivity contribution in [1.29, 1.82) is 0 Å². The molecule has 3 heteroatoms. The highest BCUT2D eigenvalue weighted by Crippen LogP contribution is 2.24. The largest absolute Gasteiger partial charge is 0.468 e. The van der Waals surface area contributed by atoms with Crippen molar-refractivity contribution in [2.24, 2.45) is 0 Å². The Kier molecular flexibility index (Phi) is 5.26. The van der Waals surface area contributed by atoms with Gasteiger partial charge >= 0.3 is 0 Å². The molecule has 0 unspecified atom stereocenters. The van der Waals surface area contributed by atoms with Crippen LogP contribution in [-0.4, -0.2) is 24.5 Å². The van der Waals surface area contributed by atoms with Crippen molar-refractivity contribution in [2.75, 3.05) is 13.6 Å². The second-order valence-corrected chi connectivity index (χ2v) is 5.45. The van der Waals surface area contributed by atoms with Gasteiger partial charge in [0.2, 0.25) is 0 Å². The Hall–Kier alpha value is -0.800. The van der Waals surface area contributed by atoms with Crippen molar-refractivity contribution in [3.63, 3.8) is 0 Å². The van der Waals surface area contributed by atoms with E-state index in [-0.39, 0.29) is 0 Å². The Morgan fingerprint density at radius 3 is 2.89 bits per heavy atom. The van der Waals surface area contributed by atoms with Crippen LogP contribution in [0.1, 0.15) is 50.4 Å². The summed E-state index contributed by atoms with van der Waals surface area (Å²) >= 11 is 0. The Balaban J connectivity index is 1.78. The molecule has 0 atom stereocenters. The topological polar surface area (TPSA) is 28.4 Å². The molecule has 1 aliphatic carbocycles. The average Bonchev–Trinajstić information content (AvgIpc) is 3.00.